The zero-order chi connectivity index (χ0) is 14.6. The highest BCUT2D eigenvalue weighted by Gasteiger charge is 2.32. The summed E-state index contributed by atoms with van der Waals surface area (Å²) >= 11 is 0. The molecular weight excluding hydrogens is 272 g/mol. The normalized spacial score (nSPS) is 12.8. The lowest BCUT2D eigenvalue weighted by atomic mass is 10.2. The first-order valence-corrected chi connectivity index (χ1v) is 6.77. The van der Waals surface area contributed by atoms with E-state index in [0.29, 0.717) is 0 Å². The number of hydrogen-bond acceptors (Lipinski definition) is 6. The van der Waals surface area contributed by atoms with E-state index >= 15 is 0 Å². The Kier molecular flexibility index (Phi) is 4.79. The first-order valence-electron chi connectivity index (χ1n) is 5.36. The Morgan fingerprint density at radius 2 is 1.68 bits per heavy atom. The zero-order valence-electron chi connectivity index (χ0n) is 10.7. The molecule has 0 fully saturated rings. The van der Waals surface area contributed by atoms with E-state index < -0.39 is 28.0 Å². The molecule has 0 amide bonds. The van der Waals surface area contributed by atoms with E-state index in [4.69, 9.17) is 0 Å². The van der Waals surface area contributed by atoms with Gasteiger partial charge in [-0.05, 0) is 26.0 Å². The van der Waals surface area contributed by atoms with Crippen molar-refractivity contribution < 1.29 is 26.9 Å². The highest BCUT2D eigenvalue weighted by atomic mass is 32.2. The van der Waals surface area contributed by atoms with Gasteiger partial charge in [-0.25, -0.2) is 8.98 Å². The van der Waals surface area contributed by atoms with Gasteiger partial charge in [0, 0.05) is 0 Å². The van der Waals surface area contributed by atoms with Crippen LogP contribution in [0.4, 0.5) is 0 Å². The van der Waals surface area contributed by atoms with E-state index in [1.54, 1.807) is 19.1 Å². The van der Waals surface area contributed by atoms with Gasteiger partial charge in [0.15, 0.2) is 5.78 Å². The van der Waals surface area contributed by atoms with E-state index in [0.717, 1.165) is 19.6 Å². The topological polar surface area (TPSA) is 86.7 Å². The van der Waals surface area contributed by atoms with Crippen molar-refractivity contribution >= 4 is 21.9 Å². The number of methoxy groups -OCH3 is 1. The maximum atomic E-state index is 11.9. The number of carbonyl (C=O) groups excluding carboxylic acids is 2. The van der Waals surface area contributed by atoms with Crippen molar-refractivity contribution in [1.29, 1.82) is 0 Å². The molecule has 0 saturated heterocycles. The number of Topliss-reactive ketones (excluding diaryl/α,β-unsaturated/α-hetero) is 1. The van der Waals surface area contributed by atoms with Crippen LogP contribution in [-0.4, -0.2) is 33.4 Å². The van der Waals surface area contributed by atoms with E-state index in [1.165, 1.54) is 12.1 Å². The molecule has 19 heavy (non-hydrogen) atoms. The van der Waals surface area contributed by atoms with Gasteiger partial charge in [0.05, 0.1) is 12.0 Å². The fraction of sp³-hybridized carbons (Fsp3) is 0.333. The molecule has 1 atom stereocenters. The molecule has 0 aliphatic heterocycles. The highest BCUT2D eigenvalue weighted by molar-refractivity contribution is 7.86. The minimum atomic E-state index is -4.20. The summed E-state index contributed by atoms with van der Waals surface area (Å²) in [5.74, 6) is -1.80. The predicted octanol–water partition coefficient (Wildman–Crippen LogP) is 0.831. The zero-order valence-corrected chi connectivity index (χ0v) is 11.6. The van der Waals surface area contributed by atoms with Crippen LogP contribution in [0, 0.1) is 6.92 Å². The number of ketones is 1. The van der Waals surface area contributed by atoms with Crippen LogP contribution in [0.15, 0.2) is 29.2 Å². The van der Waals surface area contributed by atoms with E-state index in [1.807, 2.05) is 0 Å². The summed E-state index contributed by atoms with van der Waals surface area (Å²) in [6.45, 7) is 2.84. The largest absolute Gasteiger partial charge is 0.467 e. The van der Waals surface area contributed by atoms with Crippen LogP contribution in [0.1, 0.15) is 12.5 Å². The number of esters is 1. The van der Waals surface area contributed by atoms with Crippen molar-refractivity contribution in [3.05, 3.63) is 29.8 Å². The Hall–Kier alpha value is -1.73. The quantitative estimate of drug-likeness (QED) is 0.452. The summed E-state index contributed by atoms with van der Waals surface area (Å²) in [6, 6.07) is 5.83. The van der Waals surface area contributed by atoms with E-state index in [-0.39, 0.29) is 4.90 Å². The summed E-state index contributed by atoms with van der Waals surface area (Å²) in [5, 5.41) is 0. The predicted molar refractivity (Wildman–Crippen MR) is 65.9 cm³/mol. The first kappa shape index (κ1) is 15.3. The smallest absolute Gasteiger partial charge is 0.344 e. The maximum Gasteiger partial charge on any atom is 0.344 e. The van der Waals surface area contributed by atoms with Crippen LogP contribution < -0.4 is 0 Å². The van der Waals surface area contributed by atoms with Gasteiger partial charge in [-0.15, -0.1) is 0 Å². The van der Waals surface area contributed by atoms with Crippen LogP contribution >= 0.6 is 0 Å². The van der Waals surface area contributed by atoms with Crippen LogP contribution in [0.25, 0.3) is 0 Å². The second-order valence-corrected chi connectivity index (χ2v) is 5.45. The monoisotopic (exact) mass is 286 g/mol. The molecule has 0 spiro atoms. The van der Waals surface area contributed by atoms with Crippen molar-refractivity contribution in [1.82, 2.24) is 0 Å². The summed E-state index contributed by atoms with van der Waals surface area (Å²) in [4.78, 5) is 22.4. The summed E-state index contributed by atoms with van der Waals surface area (Å²) < 4.78 is 32.7. The molecule has 0 radical (unpaired) electrons. The fourth-order valence-corrected chi connectivity index (χ4v) is 2.32. The molecule has 1 rings (SSSR count). The minimum absolute atomic E-state index is 0.131. The third-order valence-corrected chi connectivity index (χ3v) is 3.61. The van der Waals surface area contributed by atoms with Gasteiger partial charge in [-0.2, -0.15) is 8.42 Å². The van der Waals surface area contributed by atoms with Crippen molar-refractivity contribution in [2.24, 2.45) is 0 Å². The molecule has 7 heteroatoms. The molecule has 0 N–H and O–H groups in total. The molecule has 0 saturated carbocycles. The number of benzene rings is 1. The Bertz CT molecular complexity index is 573. The van der Waals surface area contributed by atoms with E-state index in [9.17, 15) is 18.0 Å². The average Bonchev–Trinajstić information content (AvgIpc) is 2.35. The lowest BCUT2D eigenvalue weighted by Gasteiger charge is -2.12. The van der Waals surface area contributed by atoms with Crippen molar-refractivity contribution in [3.63, 3.8) is 0 Å². The molecule has 1 aromatic rings. The molecule has 6 nitrogen and oxygen atoms in total. The van der Waals surface area contributed by atoms with Gasteiger partial charge in [0.2, 0.25) is 6.10 Å². The van der Waals surface area contributed by atoms with Gasteiger partial charge in [-0.1, -0.05) is 17.7 Å². The van der Waals surface area contributed by atoms with Gasteiger partial charge in [0.25, 0.3) is 10.1 Å². The number of rotatable bonds is 5. The number of carbonyl (C=O) groups is 2. The SMILES string of the molecule is COC(=O)C(OS(=O)(=O)c1ccc(C)cc1)C(C)=O. The van der Waals surface area contributed by atoms with Crippen LogP contribution in [0.5, 0.6) is 0 Å². The molecular formula is C12H14O6S. The fourth-order valence-electron chi connectivity index (χ4n) is 1.27. The van der Waals surface area contributed by atoms with Crippen LogP contribution in [0.2, 0.25) is 0 Å². The number of aryl methyl sites for hydroxylation is 1. The molecule has 0 aromatic heterocycles. The third-order valence-electron chi connectivity index (χ3n) is 2.32. The standard InChI is InChI=1S/C12H14O6S/c1-8-4-6-10(7-5-8)19(15,16)18-11(9(2)13)12(14)17-3/h4-7,11H,1-3H3. The van der Waals surface area contributed by atoms with Crippen LogP contribution in [0.3, 0.4) is 0 Å². The second-order valence-electron chi connectivity index (χ2n) is 3.88. The molecule has 0 aliphatic carbocycles. The number of ether oxygens (including phenoxy) is 1. The lowest BCUT2D eigenvalue weighted by Crippen LogP contribution is -2.34. The van der Waals surface area contributed by atoms with Crippen LogP contribution in [-0.2, 0) is 28.6 Å². The first-order chi connectivity index (χ1) is 8.77. The second kappa shape index (κ2) is 5.94. The maximum absolute atomic E-state index is 11.9. The Morgan fingerprint density at radius 3 is 2.11 bits per heavy atom. The van der Waals surface area contributed by atoms with Crippen molar-refractivity contribution in [2.75, 3.05) is 7.11 Å². The van der Waals surface area contributed by atoms with Gasteiger partial charge >= 0.3 is 5.97 Å². The van der Waals surface area contributed by atoms with Crippen molar-refractivity contribution in [3.8, 4) is 0 Å². The van der Waals surface area contributed by atoms with Gasteiger partial charge in [0.1, 0.15) is 0 Å². The highest BCUT2D eigenvalue weighted by Crippen LogP contribution is 2.16. The summed E-state index contributed by atoms with van der Waals surface area (Å²) in [7, 11) is -3.16. The molecule has 1 unspecified atom stereocenters. The molecule has 0 heterocycles. The molecule has 1 aromatic carbocycles. The van der Waals surface area contributed by atoms with Crippen molar-refractivity contribution in [2.45, 2.75) is 24.8 Å². The minimum Gasteiger partial charge on any atom is -0.467 e. The Balaban J connectivity index is 3.04. The number of hydrogen-bond donors (Lipinski definition) is 0. The Morgan fingerprint density at radius 1 is 1.16 bits per heavy atom. The van der Waals surface area contributed by atoms with Gasteiger partial charge in [-0.3, -0.25) is 4.79 Å². The van der Waals surface area contributed by atoms with Gasteiger partial charge < -0.3 is 4.74 Å². The molecule has 0 aliphatic rings. The summed E-state index contributed by atoms with van der Waals surface area (Å²) in [5.41, 5.74) is 0.870. The lowest BCUT2D eigenvalue weighted by molar-refractivity contribution is -0.152. The third kappa shape index (κ3) is 3.87. The Labute approximate surface area is 111 Å². The van der Waals surface area contributed by atoms with E-state index in [2.05, 4.69) is 8.92 Å². The summed E-state index contributed by atoms with van der Waals surface area (Å²) in [6.07, 6.45) is -1.78. The molecule has 104 valence electrons. The molecule has 0 bridgehead atoms. The average molecular weight is 286 g/mol.